The highest BCUT2D eigenvalue weighted by Crippen LogP contribution is 1.62. The Kier molecular flexibility index (Phi) is 3.45. The summed E-state index contributed by atoms with van der Waals surface area (Å²) in [4.78, 5) is 0. The largest absolute Gasteiger partial charge is 0.405 e. The Bertz CT molecular complexity index is 53.9. The Morgan fingerprint density at radius 3 is 1.33 bits per heavy atom. The van der Waals surface area contributed by atoms with Crippen LogP contribution in [-0.4, -0.2) is 0 Å². The summed E-state index contributed by atoms with van der Waals surface area (Å²) < 4.78 is 0. The zero-order valence-electron chi connectivity index (χ0n) is 3.46. The Morgan fingerprint density at radius 1 is 0.833 bits per heavy atom. The van der Waals surface area contributed by atoms with Gasteiger partial charge in [0.1, 0.15) is 0 Å². The second kappa shape index (κ2) is 4.08. The van der Waals surface area contributed by atoms with Crippen molar-refractivity contribution in [3.05, 3.63) is 24.6 Å². The summed E-state index contributed by atoms with van der Waals surface area (Å²) >= 11 is 0. The molecule has 0 fully saturated rings. The molecule has 2 heteroatoms. The third-order valence-corrected chi connectivity index (χ3v) is 0.333. The second-order valence-electron chi connectivity index (χ2n) is 0.770. The highest BCUT2D eigenvalue weighted by atomic mass is 14.5. The van der Waals surface area contributed by atoms with Crippen LogP contribution in [0.25, 0.3) is 0 Å². The lowest BCUT2D eigenvalue weighted by atomic mass is 10.6. The zero-order chi connectivity index (χ0) is 4.83. The van der Waals surface area contributed by atoms with Gasteiger partial charge in [-0.25, -0.2) is 0 Å². The average molecular weight is 84.1 g/mol. The van der Waals surface area contributed by atoms with Gasteiger partial charge in [-0.1, -0.05) is 0 Å². The van der Waals surface area contributed by atoms with Crippen molar-refractivity contribution in [2.45, 2.75) is 0 Å². The van der Waals surface area contributed by atoms with Gasteiger partial charge in [0, 0.05) is 0 Å². The first kappa shape index (κ1) is 5.08. The molecule has 6 heavy (non-hydrogen) atoms. The van der Waals surface area contributed by atoms with Gasteiger partial charge in [-0.15, -0.1) is 0 Å². The zero-order valence-corrected chi connectivity index (χ0v) is 3.46. The van der Waals surface area contributed by atoms with Crippen molar-refractivity contribution in [2.24, 2.45) is 11.5 Å². The fraction of sp³-hybridized carbons (Fsp3) is 0. The van der Waals surface area contributed by atoms with E-state index in [0.717, 1.165) is 0 Å². The molecule has 0 bridgehead atoms. The highest BCUT2D eigenvalue weighted by Gasteiger charge is 1.48. The maximum absolute atomic E-state index is 4.93. The first-order chi connectivity index (χ1) is 2.91. The smallest absolute Gasteiger partial charge is 0.00618 e. The van der Waals surface area contributed by atoms with Crippen LogP contribution in [0.3, 0.4) is 0 Å². The Labute approximate surface area is 37.1 Å². The Balaban J connectivity index is 3.07. The van der Waals surface area contributed by atoms with E-state index in [2.05, 4.69) is 0 Å². The van der Waals surface area contributed by atoms with Crippen molar-refractivity contribution >= 4 is 0 Å². The predicted octanol–water partition coefficient (Wildman–Crippen LogP) is -0.0688. The second-order valence-corrected chi connectivity index (χ2v) is 0.770. The van der Waals surface area contributed by atoms with Gasteiger partial charge < -0.3 is 11.5 Å². The molecule has 0 aliphatic carbocycles. The molecule has 0 amide bonds. The van der Waals surface area contributed by atoms with Crippen LogP contribution in [0.4, 0.5) is 0 Å². The van der Waals surface area contributed by atoms with Gasteiger partial charge in [0.2, 0.25) is 0 Å². The van der Waals surface area contributed by atoms with E-state index in [-0.39, 0.29) is 0 Å². The van der Waals surface area contributed by atoms with Crippen LogP contribution in [0.1, 0.15) is 0 Å². The summed E-state index contributed by atoms with van der Waals surface area (Å²) in [6.07, 6.45) is 6.15. The van der Waals surface area contributed by atoms with Crippen molar-refractivity contribution < 1.29 is 0 Å². The monoisotopic (exact) mass is 84.1 g/mol. The fourth-order valence-corrected chi connectivity index (χ4v) is 0.128. The lowest BCUT2D eigenvalue weighted by Gasteiger charge is -1.64. The van der Waals surface area contributed by atoms with E-state index in [9.17, 15) is 0 Å². The third-order valence-electron chi connectivity index (χ3n) is 0.333. The SMILES string of the molecule is NC=CC=CN. The molecule has 0 aromatic rings. The summed E-state index contributed by atoms with van der Waals surface area (Å²) in [5, 5.41) is 0. The topological polar surface area (TPSA) is 52.0 Å². The lowest BCUT2D eigenvalue weighted by molar-refractivity contribution is 1.56. The van der Waals surface area contributed by atoms with Gasteiger partial charge in [0.05, 0.1) is 0 Å². The maximum Gasteiger partial charge on any atom is -0.00618 e. The van der Waals surface area contributed by atoms with Gasteiger partial charge in [0.15, 0.2) is 0 Å². The van der Waals surface area contributed by atoms with E-state index < -0.39 is 0 Å². The van der Waals surface area contributed by atoms with Gasteiger partial charge in [-0.3, -0.25) is 0 Å². The minimum Gasteiger partial charge on any atom is -0.405 e. The Hall–Kier alpha value is -0.920. The van der Waals surface area contributed by atoms with E-state index in [4.69, 9.17) is 11.5 Å². The molecule has 0 aliphatic heterocycles. The summed E-state index contributed by atoms with van der Waals surface area (Å²) in [7, 11) is 0. The molecule has 0 rings (SSSR count). The fourth-order valence-electron chi connectivity index (χ4n) is 0.128. The quantitative estimate of drug-likeness (QED) is 0.437. The van der Waals surface area contributed by atoms with Crippen LogP contribution >= 0.6 is 0 Å². The minimum atomic E-state index is 1.42. The van der Waals surface area contributed by atoms with Gasteiger partial charge >= 0.3 is 0 Å². The number of rotatable bonds is 1. The van der Waals surface area contributed by atoms with Crippen molar-refractivity contribution in [1.29, 1.82) is 0 Å². The molecule has 0 heterocycles. The predicted molar refractivity (Wildman–Crippen MR) is 26.7 cm³/mol. The molecule has 0 radical (unpaired) electrons. The lowest BCUT2D eigenvalue weighted by Crippen LogP contribution is -1.75. The van der Waals surface area contributed by atoms with Crippen LogP contribution in [0, 0.1) is 0 Å². The molecule has 4 N–H and O–H groups in total. The number of hydrogen-bond acceptors (Lipinski definition) is 2. The van der Waals surface area contributed by atoms with Gasteiger partial charge in [0.25, 0.3) is 0 Å². The molecule has 0 atom stereocenters. The molecule has 34 valence electrons. The number of nitrogens with two attached hydrogens (primary N) is 2. The van der Waals surface area contributed by atoms with Crippen molar-refractivity contribution in [3.63, 3.8) is 0 Å². The molecule has 0 aromatic carbocycles. The average Bonchev–Trinajstić information content (AvgIpc) is 1.61. The van der Waals surface area contributed by atoms with Gasteiger partial charge in [-0.2, -0.15) is 0 Å². The van der Waals surface area contributed by atoms with E-state index in [1.165, 1.54) is 12.4 Å². The highest BCUT2D eigenvalue weighted by molar-refractivity contribution is 4.97. The standard InChI is InChI=1S/C4H8N2/c5-3-1-2-4-6/h1-4H,5-6H2. The number of hydrogen-bond donors (Lipinski definition) is 2. The molecule has 0 saturated heterocycles. The van der Waals surface area contributed by atoms with Crippen LogP contribution in [0.15, 0.2) is 24.6 Å². The van der Waals surface area contributed by atoms with E-state index in [1.807, 2.05) is 0 Å². The maximum atomic E-state index is 4.93. The molecular formula is C4H8N2. The van der Waals surface area contributed by atoms with Crippen molar-refractivity contribution in [1.82, 2.24) is 0 Å². The summed E-state index contributed by atoms with van der Waals surface area (Å²) in [6, 6.07) is 0. The van der Waals surface area contributed by atoms with Crippen LogP contribution in [-0.2, 0) is 0 Å². The van der Waals surface area contributed by atoms with Crippen LogP contribution < -0.4 is 11.5 Å². The molecule has 0 saturated carbocycles. The van der Waals surface area contributed by atoms with E-state index in [1.54, 1.807) is 12.2 Å². The molecule has 0 spiro atoms. The summed E-state index contributed by atoms with van der Waals surface area (Å²) in [6.45, 7) is 0. The molecular weight excluding hydrogens is 76.1 g/mol. The third kappa shape index (κ3) is 3.08. The normalized spacial score (nSPS) is 11.3. The van der Waals surface area contributed by atoms with Crippen LogP contribution in [0.5, 0.6) is 0 Å². The molecule has 0 aliphatic rings. The van der Waals surface area contributed by atoms with Gasteiger partial charge in [-0.05, 0) is 24.6 Å². The summed E-state index contributed by atoms with van der Waals surface area (Å²) in [5.74, 6) is 0. The van der Waals surface area contributed by atoms with Crippen molar-refractivity contribution in [3.8, 4) is 0 Å². The molecule has 2 nitrogen and oxygen atoms in total. The molecule has 0 aromatic heterocycles. The number of allylic oxidation sites excluding steroid dienone is 2. The Morgan fingerprint density at radius 2 is 1.17 bits per heavy atom. The summed E-state index contributed by atoms with van der Waals surface area (Å²) in [5.41, 5.74) is 9.85. The first-order valence-corrected chi connectivity index (χ1v) is 1.67. The van der Waals surface area contributed by atoms with Crippen LogP contribution in [0.2, 0.25) is 0 Å². The van der Waals surface area contributed by atoms with E-state index >= 15 is 0 Å². The minimum absolute atomic E-state index is 1.42. The van der Waals surface area contributed by atoms with E-state index in [0.29, 0.717) is 0 Å². The first-order valence-electron chi connectivity index (χ1n) is 1.67. The van der Waals surface area contributed by atoms with Crippen molar-refractivity contribution in [2.75, 3.05) is 0 Å². The molecule has 0 unspecified atom stereocenters.